The van der Waals surface area contributed by atoms with Crippen LogP contribution in [0.3, 0.4) is 0 Å². The number of aromatic amines is 1. The lowest BCUT2D eigenvalue weighted by Gasteiger charge is -2.24. The average Bonchev–Trinajstić information content (AvgIpc) is 3.05. The summed E-state index contributed by atoms with van der Waals surface area (Å²) in [6.07, 6.45) is 0. The van der Waals surface area contributed by atoms with Gasteiger partial charge in [0, 0.05) is 0 Å². The number of aromatic nitrogens is 2. The first-order valence-electron chi connectivity index (χ1n) is 7.97. The number of H-pyrrole nitrogens is 1. The van der Waals surface area contributed by atoms with Crippen molar-refractivity contribution < 1.29 is 4.74 Å². The summed E-state index contributed by atoms with van der Waals surface area (Å²) in [7, 11) is 0. The lowest BCUT2D eigenvalue weighted by Crippen LogP contribution is -2.20. The van der Waals surface area contributed by atoms with Gasteiger partial charge in [0.05, 0.1) is 17.2 Å². The highest BCUT2D eigenvalue weighted by Gasteiger charge is 2.35. The summed E-state index contributed by atoms with van der Waals surface area (Å²) in [5, 5.41) is 17.0. The number of aryl methyl sites for hydroxylation is 1. The number of allylic oxidation sites excluding steroid dienone is 1. The van der Waals surface area contributed by atoms with Crippen molar-refractivity contribution in [3.05, 3.63) is 82.7 Å². The molecule has 1 aliphatic heterocycles. The van der Waals surface area contributed by atoms with E-state index in [0.717, 1.165) is 27.9 Å². The minimum atomic E-state index is -0.316. The Labute approximate surface area is 145 Å². The number of hydrogen-bond acceptors (Lipinski definition) is 4. The summed E-state index contributed by atoms with van der Waals surface area (Å²) >= 11 is 0. The van der Waals surface area contributed by atoms with Gasteiger partial charge in [-0.1, -0.05) is 60.2 Å². The Hall–Kier alpha value is -3.52. The molecule has 0 saturated carbocycles. The molecule has 1 aromatic heterocycles. The molecule has 5 nitrogen and oxygen atoms in total. The summed E-state index contributed by atoms with van der Waals surface area (Å²) in [5.41, 5.74) is 11.2. The third kappa shape index (κ3) is 2.45. The van der Waals surface area contributed by atoms with Crippen LogP contribution in [0.25, 0.3) is 11.3 Å². The zero-order valence-corrected chi connectivity index (χ0v) is 13.7. The highest BCUT2D eigenvalue weighted by atomic mass is 16.5. The molecule has 0 radical (unpaired) electrons. The number of benzene rings is 2. The molecule has 0 spiro atoms. The fourth-order valence-corrected chi connectivity index (χ4v) is 3.16. The molecular weight excluding hydrogens is 312 g/mol. The molecule has 2 aromatic carbocycles. The van der Waals surface area contributed by atoms with Gasteiger partial charge in [0.1, 0.15) is 11.6 Å². The van der Waals surface area contributed by atoms with Gasteiger partial charge in [0.15, 0.2) is 0 Å². The Morgan fingerprint density at radius 2 is 1.84 bits per heavy atom. The molecule has 3 aromatic rings. The highest BCUT2D eigenvalue weighted by Crippen LogP contribution is 2.45. The SMILES string of the molecule is Cc1ccc([C@@H]2C(C#N)=C(N)Oc3n[nH]c(-c4ccccc4)c32)cc1. The Balaban J connectivity index is 1.95. The van der Waals surface area contributed by atoms with Crippen molar-refractivity contribution in [3.63, 3.8) is 0 Å². The van der Waals surface area contributed by atoms with Crippen molar-refractivity contribution in [1.82, 2.24) is 10.2 Å². The smallest absolute Gasteiger partial charge is 0.244 e. The monoisotopic (exact) mass is 328 g/mol. The van der Waals surface area contributed by atoms with Crippen LogP contribution in [-0.2, 0) is 0 Å². The lowest BCUT2D eigenvalue weighted by atomic mass is 9.83. The van der Waals surface area contributed by atoms with Gasteiger partial charge in [-0.25, -0.2) is 0 Å². The quantitative estimate of drug-likeness (QED) is 0.752. The van der Waals surface area contributed by atoms with Gasteiger partial charge in [-0.15, -0.1) is 5.10 Å². The van der Waals surface area contributed by atoms with Crippen LogP contribution in [0, 0.1) is 18.3 Å². The number of nitrogens with two attached hydrogens (primary N) is 1. The Morgan fingerprint density at radius 1 is 1.12 bits per heavy atom. The lowest BCUT2D eigenvalue weighted by molar-refractivity contribution is 0.379. The molecule has 1 atom stereocenters. The van der Waals surface area contributed by atoms with Crippen LogP contribution in [0.15, 0.2) is 66.1 Å². The van der Waals surface area contributed by atoms with E-state index in [1.807, 2.05) is 61.5 Å². The Bertz CT molecular complexity index is 994. The van der Waals surface area contributed by atoms with E-state index >= 15 is 0 Å². The first-order chi connectivity index (χ1) is 12.2. The molecular formula is C20H16N4O. The molecule has 0 saturated heterocycles. The predicted octanol–water partition coefficient (Wildman–Crippen LogP) is 3.60. The van der Waals surface area contributed by atoms with E-state index < -0.39 is 0 Å². The van der Waals surface area contributed by atoms with E-state index in [0.29, 0.717) is 11.5 Å². The number of nitriles is 1. The van der Waals surface area contributed by atoms with E-state index in [2.05, 4.69) is 16.3 Å². The second-order valence-electron chi connectivity index (χ2n) is 6.02. The second kappa shape index (κ2) is 5.84. The Morgan fingerprint density at radius 3 is 2.52 bits per heavy atom. The Kier molecular flexibility index (Phi) is 3.51. The number of rotatable bonds is 2. The van der Waals surface area contributed by atoms with Crippen LogP contribution in [0.1, 0.15) is 22.6 Å². The van der Waals surface area contributed by atoms with E-state index in [4.69, 9.17) is 10.5 Å². The van der Waals surface area contributed by atoms with Gasteiger partial charge in [-0.2, -0.15) is 5.26 Å². The minimum Gasteiger partial charge on any atom is -0.420 e. The first kappa shape index (κ1) is 15.0. The molecule has 2 heterocycles. The first-order valence-corrected chi connectivity index (χ1v) is 7.97. The van der Waals surface area contributed by atoms with Crippen molar-refractivity contribution >= 4 is 0 Å². The van der Waals surface area contributed by atoms with Crippen LogP contribution >= 0.6 is 0 Å². The van der Waals surface area contributed by atoms with Crippen molar-refractivity contribution in [3.8, 4) is 23.2 Å². The van der Waals surface area contributed by atoms with Crippen LogP contribution in [0.2, 0.25) is 0 Å². The largest absolute Gasteiger partial charge is 0.420 e. The van der Waals surface area contributed by atoms with Gasteiger partial charge < -0.3 is 10.5 Å². The zero-order chi connectivity index (χ0) is 17.4. The maximum absolute atomic E-state index is 9.67. The van der Waals surface area contributed by atoms with Crippen LogP contribution in [0.4, 0.5) is 0 Å². The molecule has 5 heteroatoms. The fourth-order valence-electron chi connectivity index (χ4n) is 3.16. The minimum absolute atomic E-state index is 0.103. The summed E-state index contributed by atoms with van der Waals surface area (Å²) in [6.45, 7) is 2.03. The molecule has 122 valence electrons. The molecule has 0 aliphatic carbocycles. The van der Waals surface area contributed by atoms with Gasteiger partial charge in [-0.3, -0.25) is 5.10 Å². The highest BCUT2D eigenvalue weighted by molar-refractivity contribution is 5.70. The normalized spacial score (nSPS) is 16.1. The average molecular weight is 328 g/mol. The van der Waals surface area contributed by atoms with Gasteiger partial charge in [-0.05, 0) is 18.1 Å². The second-order valence-corrected chi connectivity index (χ2v) is 6.02. The van der Waals surface area contributed by atoms with Crippen molar-refractivity contribution in [1.29, 1.82) is 5.26 Å². The molecule has 3 N–H and O–H groups in total. The summed E-state index contributed by atoms with van der Waals surface area (Å²) in [4.78, 5) is 0. The van der Waals surface area contributed by atoms with Crippen molar-refractivity contribution in [2.45, 2.75) is 12.8 Å². The van der Waals surface area contributed by atoms with Gasteiger partial charge in [0.2, 0.25) is 11.8 Å². The predicted molar refractivity (Wildman–Crippen MR) is 94.5 cm³/mol. The maximum atomic E-state index is 9.67. The van der Waals surface area contributed by atoms with Gasteiger partial charge >= 0.3 is 0 Å². The molecule has 1 aliphatic rings. The molecule has 0 bridgehead atoms. The number of fused-ring (bicyclic) bond motifs is 1. The summed E-state index contributed by atoms with van der Waals surface area (Å²) < 4.78 is 5.61. The molecule has 4 rings (SSSR count). The summed E-state index contributed by atoms with van der Waals surface area (Å²) in [5.74, 6) is 0.205. The molecule has 0 fully saturated rings. The van der Waals surface area contributed by atoms with Crippen LogP contribution in [0.5, 0.6) is 5.88 Å². The molecule has 0 amide bonds. The molecule has 25 heavy (non-hydrogen) atoms. The maximum Gasteiger partial charge on any atom is 0.244 e. The van der Waals surface area contributed by atoms with Crippen molar-refractivity contribution in [2.24, 2.45) is 5.73 Å². The van der Waals surface area contributed by atoms with Crippen LogP contribution in [-0.4, -0.2) is 10.2 Å². The van der Waals surface area contributed by atoms with E-state index in [9.17, 15) is 5.26 Å². The van der Waals surface area contributed by atoms with Crippen LogP contribution < -0.4 is 10.5 Å². The van der Waals surface area contributed by atoms with E-state index in [1.54, 1.807) is 0 Å². The standard InChI is InChI=1S/C20H16N4O/c1-12-7-9-13(10-8-12)16-15(11-21)19(22)25-20-17(16)18(23-24-20)14-5-3-2-4-6-14/h2-10,16H,22H2,1H3,(H,23,24)/t16-/m1/s1. The number of ether oxygens (including phenoxy) is 1. The zero-order valence-electron chi connectivity index (χ0n) is 13.7. The van der Waals surface area contributed by atoms with E-state index in [-0.39, 0.29) is 11.8 Å². The third-order valence-corrected chi connectivity index (χ3v) is 4.41. The topological polar surface area (TPSA) is 87.7 Å². The summed E-state index contributed by atoms with van der Waals surface area (Å²) in [6, 6.07) is 20.2. The number of nitrogens with zero attached hydrogens (tertiary/aromatic N) is 2. The third-order valence-electron chi connectivity index (χ3n) is 4.41. The number of nitrogens with one attached hydrogen (secondary N) is 1. The van der Waals surface area contributed by atoms with E-state index in [1.165, 1.54) is 0 Å². The van der Waals surface area contributed by atoms with Crippen molar-refractivity contribution in [2.75, 3.05) is 0 Å². The number of hydrogen-bond donors (Lipinski definition) is 2. The molecule has 0 unspecified atom stereocenters. The fraction of sp³-hybridized carbons (Fsp3) is 0.100. The van der Waals surface area contributed by atoms with Gasteiger partial charge in [0.25, 0.3) is 0 Å².